The van der Waals surface area contributed by atoms with Crippen molar-refractivity contribution in [2.24, 2.45) is 7.05 Å². The maximum atomic E-state index is 12.4. The average Bonchev–Trinajstić information content (AvgIpc) is 2.98. The zero-order valence-corrected chi connectivity index (χ0v) is 15.3. The molecule has 0 radical (unpaired) electrons. The number of rotatable bonds is 6. The van der Waals surface area contributed by atoms with Gasteiger partial charge in [-0.25, -0.2) is 9.78 Å². The van der Waals surface area contributed by atoms with Crippen molar-refractivity contribution in [2.45, 2.75) is 24.7 Å². The summed E-state index contributed by atoms with van der Waals surface area (Å²) in [6.07, 6.45) is -0.894. The highest BCUT2D eigenvalue weighted by molar-refractivity contribution is 7.99. The van der Waals surface area contributed by atoms with Gasteiger partial charge >= 0.3 is 5.69 Å². The van der Waals surface area contributed by atoms with Crippen molar-refractivity contribution in [3.05, 3.63) is 56.2 Å². The molecular weight excluding hydrogens is 356 g/mol. The van der Waals surface area contributed by atoms with Crippen LogP contribution in [0.25, 0.3) is 11.2 Å². The van der Waals surface area contributed by atoms with Gasteiger partial charge in [0.05, 0.1) is 19.3 Å². The van der Waals surface area contributed by atoms with E-state index in [1.807, 2.05) is 31.2 Å². The van der Waals surface area contributed by atoms with E-state index in [1.165, 1.54) is 16.3 Å². The smallest absolute Gasteiger partial charge is 0.329 e. The minimum atomic E-state index is -0.894. The van der Waals surface area contributed by atoms with Crippen molar-refractivity contribution in [3.8, 4) is 0 Å². The molecule has 0 spiro atoms. The maximum Gasteiger partial charge on any atom is 0.329 e. The van der Waals surface area contributed by atoms with Crippen molar-refractivity contribution >= 4 is 22.9 Å². The molecule has 0 bridgehead atoms. The van der Waals surface area contributed by atoms with Gasteiger partial charge in [0.25, 0.3) is 5.56 Å². The summed E-state index contributed by atoms with van der Waals surface area (Å²) in [7, 11) is 1.54. The van der Waals surface area contributed by atoms with Crippen molar-refractivity contribution in [1.82, 2.24) is 19.1 Å². The third-order valence-electron chi connectivity index (χ3n) is 4.05. The lowest BCUT2D eigenvalue weighted by atomic mass is 10.1. The SMILES string of the molecule is Cc1ccc(Cn2c(SC[C@H](O)CO)nc3c2c(=O)[nH]c(=O)n3C)cc1. The Labute approximate surface area is 153 Å². The number of H-pyrrole nitrogens is 1. The Balaban J connectivity index is 2.12. The van der Waals surface area contributed by atoms with Gasteiger partial charge in [0.15, 0.2) is 16.3 Å². The predicted octanol–water partition coefficient (Wildman–Crippen LogP) is 0.225. The third-order valence-corrected chi connectivity index (χ3v) is 5.17. The van der Waals surface area contributed by atoms with E-state index in [1.54, 1.807) is 11.6 Å². The minimum absolute atomic E-state index is 0.222. The molecular formula is C17H20N4O4S. The van der Waals surface area contributed by atoms with Crippen LogP contribution in [-0.2, 0) is 13.6 Å². The molecule has 2 heterocycles. The van der Waals surface area contributed by atoms with E-state index in [0.717, 1.165) is 11.1 Å². The number of nitrogens with zero attached hydrogens (tertiary/aromatic N) is 3. The van der Waals surface area contributed by atoms with Crippen LogP contribution in [0, 0.1) is 6.92 Å². The van der Waals surface area contributed by atoms with E-state index >= 15 is 0 Å². The molecule has 0 unspecified atom stereocenters. The fourth-order valence-corrected chi connectivity index (χ4v) is 3.48. The van der Waals surface area contributed by atoms with Crippen LogP contribution in [0.4, 0.5) is 0 Å². The number of hydrogen-bond donors (Lipinski definition) is 3. The Morgan fingerprint density at radius 1 is 1.27 bits per heavy atom. The van der Waals surface area contributed by atoms with E-state index in [9.17, 15) is 14.7 Å². The van der Waals surface area contributed by atoms with Crippen molar-refractivity contribution in [1.29, 1.82) is 0 Å². The van der Waals surface area contributed by atoms with Crippen LogP contribution in [0.1, 0.15) is 11.1 Å². The summed E-state index contributed by atoms with van der Waals surface area (Å²) < 4.78 is 3.02. The van der Waals surface area contributed by atoms with Crippen molar-refractivity contribution in [2.75, 3.05) is 12.4 Å². The molecule has 8 nitrogen and oxygen atoms in total. The number of aryl methyl sites for hydroxylation is 2. The van der Waals surface area contributed by atoms with Crippen LogP contribution in [0.2, 0.25) is 0 Å². The van der Waals surface area contributed by atoms with Gasteiger partial charge in [-0.15, -0.1) is 0 Å². The van der Waals surface area contributed by atoms with E-state index < -0.39 is 17.4 Å². The molecule has 1 aromatic carbocycles. The first-order valence-corrected chi connectivity index (χ1v) is 9.06. The number of aromatic amines is 1. The molecule has 2 aromatic heterocycles. The number of thioether (sulfide) groups is 1. The third kappa shape index (κ3) is 3.59. The van der Waals surface area contributed by atoms with E-state index in [-0.39, 0.29) is 18.0 Å². The Bertz CT molecular complexity index is 1040. The van der Waals surface area contributed by atoms with Gasteiger partial charge in [-0.05, 0) is 12.5 Å². The molecule has 1 atom stereocenters. The first kappa shape index (κ1) is 18.4. The molecule has 0 saturated carbocycles. The molecule has 3 N–H and O–H groups in total. The Morgan fingerprint density at radius 3 is 2.62 bits per heavy atom. The fourth-order valence-electron chi connectivity index (χ4n) is 2.57. The lowest BCUT2D eigenvalue weighted by Gasteiger charge is -2.10. The van der Waals surface area contributed by atoms with Crippen molar-refractivity contribution in [3.63, 3.8) is 0 Å². The number of imidazole rings is 1. The summed E-state index contributed by atoms with van der Waals surface area (Å²) in [4.78, 5) is 31.0. The molecule has 9 heteroatoms. The zero-order chi connectivity index (χ0) is 18.8. The second kappa shape index (κ2) is 7.48. The molecule has 3 aromatic rings. The number of benzene rings is 1. The summed E-state index contributed by atoms with van der Waals surface area (Å²) in [5, 5.41) is 19.1. The summed E-state index contributed by atoms with van der Waals surface area (Å²) in [6.45, 7) is 2.04. The molecule has 3 rings (SSSR count). The van der Waals surface area contributed by atoms with Gasteiger partial charge in [-0.1, -0.05) is 41.6 Å². The normalized spacial score (nSPS) is 12.6. The zero-order valence-electron chi connectivity index (χ0n) is 14.5. The summed E-state index contributed by atoms with van der Waals surface area (Å²) in [5.74, 6) is 0.222. The first-order valence-electron chi connectivity index (χ1n) is 8.07. The van der Waals surface area contributed by atoms with Crippen LogP contribution in [0.15, 0.2) is 39.0 Å². The second-order valence-corrected chi connectivity index (χ2v) is 7.09. The Morgan fingerprint density at radius 2 is 1.96 bits per heavy atom. The molecule has 0 amide bonds. The number of aliphatic hydroxyl groups is 2. The minimum Gasteiger partial charge on any atom is -0.394 e. The van der Waals surface area contributed by atoms with E-state index in [4.69, 9.17) is 5.11 Å². The Hall–Kier alpha value is -2.36. The second-order valence-electron chi connectivity index (χ2n) is 6.10. The molecule has 0 aliphatic carbocycles. The van der Waals surface area contributed by atoms with Gasteiger partial charge < -0.3 is 14.8 Å². The summed E-state index contributed by atoms with van der Waals surface area (Å²) in [5.41, 5.74) is 1.66. The molecule has 0 aliphatic heterocycles. The molecule has 0 fully saturated rings. The van der Waals surface area contributed by atoms with E-state index in [2.05, 4.69) is 9.97 Å². The summed E-state index contributed by atoms with van der Waals surface area (Å²) >= 11 is 1.22. The topological polar surface area (TPSA) is 113 Å². The first-order chi connectivity index (χ1) is 12.4. The number of aromatic nitrogens is 4. The van der Waals surface area contributed by atoms with Gasteiger partial charge in [-0.2, -0.15) is 0 Å². The van der Waals surface area contributed by atoms with Crippen LogP contribution in [-0.4, -0.2) is 47.8 Å². The summed E-state index contributed by atoms with van der Waals surface area (Å²) in [6, 6.07) is 7.90. The van der Waals surface area contributed by atoms with E-state index in [0.29, 0.717) is 17.2 Å². The van der Waals surface area contributed by atoms with Crippen LogP contribution in [0.5, 0.6) is 0 Å². The van der Waals surface area contributed by atoms with Crippen molar-refractivity contribution < 1.29 is 10.2 Å². The predicted molar refractivity (Wildman–Crippen MR) is 99.7 cm³/mol. The molecule has 26 heavy (non-hydrogen) atoms. The van der Waals surface area contributed by atoms with Crippen LogP contribution < -0.4 is 11.2 Å². The molecule has 0 aliphatic rings. The Kier molecular flexibility index (Phi) is 5.30. The van der Waals surface area contributed by atoms with Gasteiger partial charge in [0, 0.05) is 12.8 Å². The number of fused-ring (bicyclic) bond motifs is 1. The lowest BCUT2D eigenvalue weighted by molar-refractivity contribution is 0.113. The van der Waals surface area contributed by atoms with Gasteiger partial charge in [-0.3, -0.25) is 14.3 Å². The molecule has 138 valence electrons. The number of hydrogen-bond acceptors (Lipinski definition) is 6. The maximum absolute atomic E-state index is 12.4. The van der Waals surface area contributed by atoms with Gasteiger partial charge in [0.2, 0.25) is 0 Å². The number of aliphatic hydroxyl groups excluding tert-OH is 2. The number of nitrogens with one attached hydrogen (secondary N) is 1. The monoisotopic (exact) mass is 376 g/mol. The largest absolute Gasteiger partial charge is 0.394 e. The van der Waals surface area contributed by atoms with Gasteiger partial charge in [0.1, 0.15) is 0 Å². The highest BCUT2D eigenvalue weighted by atomic mass is 32.2. The van der Waals surface area contributed by atoms with Crippen LogP contribution >= 0.6 is 11.8 Å². The molecule has 0 saturated heterocycles. The standard InChI is InChI=1S/C17H20N4O4S/c1-10-3-5-11(6-4-10)7-21-13-14(20(2)16(25)19-15(13)24)18-17(21)26-9-12(23)8-22/h3-6,12,22-23H,7-9H2,1-2H3,(H,19,24,25)/t12-/m1/s1. The fraction of sp³-hybridized carbons (Fsp3) is 0.353. The lowest BCUT2D eigenvalue weighted by Crippen LogP contribution is -2.29. The highest BCUT2D eigenvalue weighted by Gasteiger charge is 2.18. The average molecular weight is 376 g/mol. The quantitative estimate of drug-likeness (QED) is 0.531. The highest BCUT2D eigenvalue weighted by Crippen LogP contribution is 2.23. The van der Waals surface area contributed by atoms with Crippen LogP contribution in [0.3, 0.4) is 0 Å².